The smallest absolute Gasteiger partial charge is 0.257 e. The summed E-state index contributed by atoms with van der Waals surface area (Å²) >= 11 is 1.43. The van der Waals surface area contributed by atoms with Crippen molar-refractivity contribution in [2.75, 3.05) is 25.0 Å². The van der Waals surface area contributed by atoms with E-state index in [2.05, 4.69) is 15.6 Å². The molecule has 8 heteroatoms. The molecule has 1 aromatic heterocycles. The number of carbonyl (C=O) groups excluding carboxylic acids is 2. The highest BCUT2D eigenvalue weighted by Crippen LogP contribution is 2.21. The van der Waals surface area contributed by atoms with Crippen LogP contribution in [0.3, 0.4) is 0 Å². The lowest BCUT2D eigenvalue weighted by Crippen LogP contribution is -2.29. The lowest BCUT2D eigenvalue weighted by molar-refractivity contribution is -0.123. The highest BCUT2D eigenvalue weighted by Gasteiger charge is 2.12. The quantitative estimate of drug-likeness (QED) is 0.458. The SMILES string of the molecule is Cc1cnc(NC(=O)c2ccc(OCC(=O)NCCCCCCCN)cc2C)s1. The van der Waals surface area contributed by atoms with Gasteiger partial charge in [-0.25, -0.2) is 4.98 Å². The van der Waals surface area contributed by atoms with Gasteiger partial charge in [-0.2, -0.15) is 0 Å². The molecule has 29 heavy (non-hydrogen) atoms. The van der Waals surface area contributed by atoms with Gasteiger partial charge in [-0.05, 0) is 57.0 Å². The Morgan fingerprint density at radius 2 is 1.90 bits per heavy atom. The van der Waals surface area contributed by atoms with E-state index in [4.69, 9.17) is 10.5 Å². The van der Waals surface area contributed by atoms with Crippen molar-refractivity contribution < 1.29 is 14.3 Å². The van der Waals surface area contributed by atoms with Gasteiger partial charge in [0.1, 0.15) is 5.75 Å². The highest BCUT2D eigenvalue weighted by atomic mass is 32.1. The third-order valence-corrected chi connectivity index (χ3v) is 5.19. The Balaban J connectivity index is 1.72. The topological polar surface area (TPSA) is 106 Å². The number of carbonyl (C=O) groups is 2. The van der Waals surface area contributed by atoms with Crippen LogP contribution >= 0.6 is 11.3 Å². The number of amides is 2. The predicted molar refractivity (Wildman–Crippen MR) is 117 cm³/mol. The van der Waals surface area contributed by atoms with E-state index in [0.29, 0.717) is 23.0 Å². The number of nitrogens with one attached hydrogen (secondary N) is 2. The summed E-state index contributed by atoms with van der Waals surface area (Å²) in [4.78, 5) is 29.5. The number of anilines is 1. The molecule has 0 aliphatic carbocycles. The second-order valence-electron chi connectivity index (χ2n) is 6.90. The van der Waals surface area contributed by atoms with Crippen LogP contribution in [0.4, 0.5) is 5.13 Å². The summed E-state index contributed by atoms with van der Waals surface area (Å²) < 4.78 is 5.55. The van der Waals surface area contributed by atoms with E-state index in [1.807, 2.05) is 13.8 Å². The maximum atomic E-state index is 12.4. The van der Waals surface area contributed by atoms with E-state index in [9.17, 15) is 9.59 Å². The predicted octanol–water partition coefficient (Wildman–Crippen LogP) is 3.42. The molecule has 1 heterocycles. The number of thiazole rings is 1. The zero-order chi connectivity index (χ0) is 21.1. The van der Waals surface area contributed by atoms with Gasteiger partial charge in [0, 0.05) is 23.2 Å². The first kappa shape index (κ1) is 22.8. The average molecular weight is 419 g/mol. The standard InChI is InChI=1S/C21H30N4O3S/c1-15-12-17(28-14-19(26)23-11-7-5-3-4-6-10-22)8-9-18(15)20(27)25-21-24-13-16(2)29-21/h8-9,12-13H,3-7,10-11,14,22H2,1-2H3,(H,23,26)(H,24,25,27). The third-order valence-electron chi connectivity index (χ3n) is 4.36. The Morgan fingerprint density at radius 3 is 2.59 bits per heavy atom. The minimum Gasteiger partial charge on any atom is -0.484 e. The third kappa shape index (κ3) is 8.21. The summed E-state index contributed by atoms with van der Waals surface area (Å²) in [5, 5.41) is 6.22. The molecule has 2 aromatic rings. The number of aryl methyl sites for hydroxylation is 2. The average Bonchev–Trinajstić information content (AvgIpc) is 3.10. The van der Waals surface area contributed by atoms with Crippen molar-refractivity contribution in [2.24, 2.45) is 5.73 Å². The van der Waals surface area contributed by atoms with Crippen LogP contribution in [0, 0.1) is 13.8 Å². The van der Waals surface area contributed by atoms with E-state index in [0.717, 1.165) is 49.1 Å². The summed E-state index contributed by atoms with van der Waals surface area (Å²) in [7, 11) is 0. The maximum Gasteiger partial charge on any atom is 0.257 e. The normalized spacial score (nSPS) is 10.6. The fourth-order valence-corrected chi connectivity index (χ4v) is 3.44. The van der Waals surface area contributed by atoms with Crippen molar-refractivity contribution >= 4 is 28.3 Å². The number of nitrogens with zero attached hydrogens (tertiary/aromatic N) is 1. The summed E-state index contributed by atoms with van der Waals surface area (Å²) in [6.45, 7) is 5.12. The van der Waals surface area contributed by atoms with Crippen LogP contribution in [0.15, 0.2) is 24.4 Å². The minimum absolute atomic E-state index is 0.0451. The molecule has 0 saturated heterocycles. The van der Waals surface area contributed by atoms with Crippen LogP contribution in [0.2, 0.25) is 0 Å². The van der Waals surface area contributed by atoms with Crippen molar-refractivity contribution in [2.45, 2.75) is 46.0 Å². The van der Waals surface area contributed by atoms with Crippen molar-refractivity contribution in [3.8, 4) is 5.75 Å². The second kappa shape index (κ2) is 12.2. The van der Waals surface area contributed by atoms with Crippen LogP contribution in [-0.4, -0.2) is 36.5 Å². The fraction of sp³-hybridized carbons (Fsp3) is 0.476. The number of nitrogens with two attached hydrogens (primary N) is 1. The van der Waals surface area contributed by atoms with Gasteiger partial charge in [0.05, 0.1) is 0 Å². The molecule has 0 atom stereocenters. The van der Waals surface area contributed by atoms with Crippen molar-refractivity contribution in [1.82, 2.24) is 10.3 Å². The Kier molecular flexibility index (Phi) is 9.59. The summed E-state index contributed by atoms with van der Waals surface area (Å²) in [6, 6.07) is 5.15. The summed E-state index contributed by atoms with van der Waals surface area (Å²) in [5.74, 6) is 0.194. The second-order valence-corrected chi connectivity index (χ2v) is 8.14. The molecule has 0 unspecified atom stereocenters. The fourth-order valence-electron chi connectivity index (χ4n) is 2.79. The molecule has 4 N–H and O–H groups in total. The number of hydrogen-bond donors (Lipinski definition) is 3. The zero-order valence-electron chi connectivity index (χ0n) is 17.1. The zero-order valence-corrected chi connectivity index (χ0v) is 17.9. The molecule has 0 saturated carbocycles. The van der Waals surface area contributed by atoms with Crippen molar-refractivity contribution in [1.29, 1.82) is 0 Å². The Labute approximate surface area is 176 Å². The number of ether oxygens (including phenoxy) is 1. The molecule has 0 fully saturated rings. The number of aromatic nitrogens is 1. The maximum absolute atomic E-state index is 12.4. The van der Waals surface area contributed by atoms with Crippen LogP contribution in [0.25, 0.3) is 0 Å². The Hall–Kier alpha value is -2.45. The molecule has 0 bridgehead atoms. The monoisotopic (exact) mass is 418 g/mol. The number of hydrogen-bond acceptors (Lipinski definition) is 6. The van der Waals surface area contributed by atoms with Gasteiger partial charge in [-0.3, -0.25) is 14.9 Å². The molecular formula is C21H30N4O3S. The minimum atomic E-state index is -0.215. The van der Waals surface area contributed by atoms with Crippen LogP contribution in [-0.2, 0) is 4.79 Å². The molecule has 7 nitrogen and oxygen atoms in total. The van der Waals surface area contributed by atoms with Gasteiger partial charge >= 0.3 is 0 Å². The summed E-state index contributed by atoms with van der Waals surface area (Å²) in [6.07, 6.45) is 7.11. The Morgan fingerprint density at radius 1 is 1.14 bits per heavy atom. The lowest BCUT2D eigenvalue weighted by Gasteiger charge is -2.10. The van der Waals surface area contributed by atoms with Gasteiger partial charge < -0.3 is 15.8 Å². The van der Waals surface area contributed by atoms with E-state index < -0.39 is 0 Å². The van der Waals surface area contributed by atoms with Crippen LogP contribution in [0.1, 0.15) is 52.9 Å². The van der Waals surface area contributed by atoms with Gasteiger partial charge in [-0.15, -0.1) is 11.3 Å². The molecular weight excluding hydrogens is 388 g/mol. The van der Waals surface area contributed by atoms with Crippen LogP contribution < -0.4 is 21.1 Å². The molecule has 1 aromatic carbocycles. The Bertz CT molecular complexity index is 807. The highest BCUT2D eigenvalue weighted by molar-refractivity contribution is 7.15. The first-order chi connectivity index (χ1) is 14.0. The summed E-state index contributed by atoms with van der Waals surface area (Å²) in [5.41, 5.74) is 6.78. The largest absolute Gasteiger partial charge is 0.484 e. The first-order valence-electron chi connectivity index (χ1n) is 9.93. The molecule has 158 valence electrons. The van der Waals surface area contributed by atoms with Crippen molar-refractivity contribution in [3.63, 3.8) is 0 Å². The number of rotatable bonds is 12. The van der Waals surface area contributed by atoms with Gasteiger partial charge in [-0.1, -0.05) is 19.3 Å². The molecule has 0 spiro atoms. The van der Waals surface area contributed by atoms with E-state index in [-0.39, 0.29) is 18.4 Å². The van der Waals surface area contributed by atoms with Gasteiger partial charge in [0.2, 0.25) is 0 Å². The first-order valence-corrected chi connectivity index (χ1v) is 10.7. The van der Waals surface area contributed by atoms with E-state index >= 15 is 0 Å². The molecule has 2 rings (SSSR count). The van der Waals surface area contributed by atoms with Crippen LogP contribution in [0.5, 0.6) is 5.75 Å². The van der Waals surface area contributed by atoms with Gasteiger partial charge in [0.15, 0.2) is 11.7 Å². The lowest BCUT2D eigenvalue weighted by atomic mass is 10.1. The van der Waals surface area contributed by atoms with E-state index in [1.54, 1.807) is 24.4 Å². The van der Waals surface area contributed by atoms with Crippen molar-refractivity contribution in [3.05, 3.63) is 40.4 Å². The van der Waals surface area contributed by atoms with Gasteiger partial charge in [0.25, 0.3) is 11.8 Å². The molecule has 0 aliphatic heterocycles. The molecule has 0 aliphatic rings. The van der Waals surface area contributed by atoms with E-state index in [1.165, 1.54) is 11.3 Å². The number of unbranched alkanes of at least 4 members (excludes halogenated alkanes) is 4. The number of benzene rings is 1. The molecule has 0 radical (unpaired) electrons. The molecule has 2 amide bonds.